The molecule has 0 saturated carbocycles. The molecule has 6 nitrogen and oxygen atoms in total. The third kappa shape index (κ3) is 3.75. The molecule has 3 aromatic rings. The van der Waals surface area contributed by atoms with Crippen LogP contribution in [0.3, 0.4) is 0 Å². The largest absolute Gasteiger partial charge is 0.465 e. The van der Waals surface area contributed by atoms with Gasteiger partial charge in [-0.2, -0.15) is 5.10 Å². The molecule has 0 radical (unpaired) electrons. The van der Waals surface area contributed by atoms with Gasteiger partial charge < -0.3 is 4.74 Å². The van der Waals surface area contributed by atoms with Gasteiger partial charge in [0.2, 0.25) is 0 Å². The fourth-order valence-corrected chi connectivity index (χ4v) is 2.68. The summed E-state index contributed by atoms with van der Waals surface area (Å²) in [5.41, 5.74) is 1.44. The maximum Gasteiger partial charge on any atom is 0.337 e. The smallest absolute Gasteiger partial charge is 0.337 e. The second-order valence-electron chi connectivity index (χ2n) is 5.88. The lowest BCUT2D eigenvalue weighted by Crippen LogP contribution is -2.31. The zero-order chi connectivity index (χ0) is 17.8. The number of ether oxygens (including phenoxy) is 1. The van der Waals surface area contributed by atoms with Crippen LogP contribution in [0.25, 0.3) is 10.8 Å². The SMILES string of the molecule is COC(=O)c1ccc(CN(C)Cn2ncc3ccccc3c2=O)cc1. The fraction of sp³-hybridized carbons (Fsp3) is 0.211. The number of aromatic nitrogens is 2. The Morgan fingerprint density at radius 3 is 2.60 bits per heavy atom. The van der Waals surface area contributed by atoms with Crippen LogP contribution in [0, 0.1) is 0 Å². The minimum absolute atomic E-state index is 0.106. The van der Waals surface area contributed by atoms with Crippen LogP contribution in [-0.4, -0.2) is 34.8 Å². The molecule has 1 heterocycles. The second kappa shape index (κ2) is 7.27. The zero-order valence-electron chi connectivity index (χ0n) is 14.2. The van der Waals surface area contributed by atoms with Crippen molar-refractivity contribution < 1.29 is 9.53 Å². The van der Waals surface area contributed by atoms with E-state index in [4.69, 9.17) is 0 Å². The molecule has 0 aliphatic carbocycles. The summed E-state index contributed by atoms with van der Waals surface area (Å²) in [6.07, 6.45) is 1.70. The monoisotopic (exact) mass is 337 g/mol. The summed E-state index contributed by atoms with van der Waals surface area (Å²) < 4.78 is 6.14. The molecule has 0 spiro atoms. The van der Waals surface area contributed by atoms with Gasteiger partial charge in [-0.3, -0.25) is 9.69 Å². The van der Waals surface area contributed by atoms with Crippen molar-refractivity contribution in [2.45, 2.75) is 13.2 Å². The predicted octanol–water partition coefficient (Wildman–Crippen LogP) is 2.27. The zero-order valence-corrected chi connectivity index (χ0v) is 14.2. The van der Waals surface area contributed by atoms with Crippen molar-refractivity contribution in [1.29, 1.82) is 0 Å². The van der Waals surface area contributed by atoms with Gasteiger partial charge in [-0.25, -0.2) is 9.48 Å². The number of nitrogens with zero attached hydrogens (tertiary/aromatic N) is 3. The first-order valence-corrected chi connectivity index (χ1v) is 7.89. The highest BCUT2D eigenvalue weighted by atomic mass is 16.5. The van der Waals surface area contributed by atoms with Crippen molar-refractivity contribution in [3.8, 4) is 0 Å². The number of hydrogen-bond acceptors (Lipinski definition) is 5. The third-order valence-corrected chi connectivity index (χ3v) is 3.96. The van der Waals surface area contributed by atoms with E-state index in [9.17, 15) is 9.59 Å². The minimum Gasteiger partial charge on any atom is -0.465 e. The molecule has 25 heavy (non-hydrogen) atoms. The van der Waals surface area contributed by atoms with Crippen LogP contribution < -0.4 is 5.56 Å². The normalized spacial score (nSPS) is 11.0. The van der Waals surface area contributed by atoms with Gasteiger partial charge in [-0.1, -0.05) is 30.3 Å². The first-order valence-electron chi connectivity index (χ1n) is 7.89. The lowest BCUT2D eigenvalue weighted by atomic mass is 10.1. The highest BCUT2D eigenvalue weighted by Crippen LogP contribution is 2.09. The van der Waals surface area contributed by atoms with E-state index in [0.717, 1.165) is 10.9 Å². The van der Waals surface area contributed by atoms with E-state index in [0.29, 0.717) is 24.2 Å². The number of rotatable bonds is 5. The average molecular weight is 337 g/mol. The molecule has 2 aromatic carbocycles. The Morgan fingerprint density at radius 2 is 1.88 bits per heavy atom. The molecule has 0 amide bonds. The highest BCUT2D eigenvalue weighted by Gasteiger charge is 2.08. The first-order chi connectivity index (χ1) is 12.1. The molecule has 1 aromatic heterocycles. The average Bonchev–Trinajstić information content (AvgIpc) is 2.64. The number of carbonyl (C=O) groups excluding carboxylic acids is 1. The number of esters is 1. The van der Waals surface area contributed by atoms with Gasteiger partial charge in [0.05, 0.1) is 30.9 Å². The predicted molar refractivity (Wildman–Crippen MR) is 95.3 cm³/mol. The summed E-state index contributed by atoms with van der Waals surface area (Å²) >= 11 is 0. The second-order valence-corrected chi connectivity index (χ2v) is 5.88. The topological polar surface area (TPSA) is 64.4 Å². The lowest BCUT2D eigenvalue weighted by Gasteiger charge is -2.17. The molecular formula is C19H19N3O3. The number of fused-ring (bicyclic) bond motifs is 1. The van der Waals surface area contributed by atoms with Gasteiger partial charge >= 0.3 is 5.97 Å². The van der Waals surface area contributed by atoms with Crippen LogP contribution in [0.5, 0.6) is 0 Å². The van der Waals surface area contributed by atoms with Crippen LogP contribution in [-0.2, 0) is 18.0 Å². The fourth-order valence-electron chi connectivity index (χ4n) is 2.68. The Hall–Kier alpha value is -2.99. The molecule has 3 rings (SSSR count). The van der Waals surface area contributed by atoms with Crippen molar-refractivity contribution in [1.82, 2.24) is 14.7 Å². The molecule has 0 aliphatic rings. The van der Waals surface area contributed by atoms with E-state index in [1.807, 2.05) is 42.3 Å². The Labute approximate surface area is 145 Å². The maximum atomic E-state index is 12.5. The van der Waals surface area contributed by atoms with Gasteiger partial charge in [-0.15, -0.1) is 0 Å². The van der Waals surface area contributed by atoms with Crippen LogP contribution in [0.1, 0.15) is 15.9 Å². The molecule has 0 unspecified atom stereocenters. The van der Waals surface area contributed by atoms with Gasteiger partial charge in [0.15, 0.2) is 0 Å². The Balaban J connectivity index is 1.72. The van der Waals surface area contributed by atoms with Crippen molar-refractivity contribution in [3.05, 3.63) is 76.2 Å². The molecule has 0 saturated heterocycles. The molecule has 0 fully saturated rings. The molecule has 128 valence electrons. The van der Waals surface area contributed by atoms with E-state index < -0.39 is 0 Å². The van der Waals surface area contributed by atoms with Crippen molar-refractivity contribution in [3.63, 3.8) is 0 Å². The molecule has 0 bridgehead atoms. The number of carbonyl (C=O) groups is 1. The Morgan fingerprint density at radius 1 is 1.16 bits per heavy atom. The number of benzene rings is 2. The van der Waals surface area contributed by atoms with Gasteiger partial charge in [0.1, 0.15) is 0 Å². The van der Waals surface area contributed by atoms with E-state index in [-0.39, 0.29) is 11.5 Å². The van der Waals surface area contributed by atoms with Crippen LogP contribution in [0.4, 0.5) is 0 Å². The van der Waals surface area contributed by atoms with Crippen LogP contribution in [0.15, 0.2) is 59.5 Å². The Bertz CT molecular complexity index is 948. The van der Waals surface area contributed by atoms with Crippen molar-refractivity contribution >= 4 is 16.7 Å². The quantitative estimate of drug-likeness (QED) is 0.668. The van der Waals surface area contributed by atoms with Gasteiger partial charge in [0, 0.05) is 11.9 Å². The molecule has 0 atom stereocenters. The minimum atomic E-state index is -0.355. The summed E-state index contributed by atoms with van der Waals surface area (Å²) in [5.74, 6) is -0.355. The van der Waals surface area contributed by atoms with Crippen LogP contribution >= 0.6 is 0 Å². The summed E-state index contributed by atoms with van der Waals surface area (Å²) in [7, 11) is 3.27. The van der Waals surface area contributed by atoms with Gasteiger partial charge in [-0.05, 0) is 30.8 Å². The summed E-state index contributed by atoms with van der Waals surface area (Å²) in [5, 5.41) is 5.74. The first kappa shape index (κ1) is 16.9. The summed E-state index contributed by atoms with van der Waals surface area (Å²) in [6.45, 7) is 1.00. The number of methoxy groups -OCH3 is 1. The lowest BCUT2D eigenvalue weighted by molar-refractivity contribution is 0.0600. The van der Waals surface area contributed by atoms with E-state index in [1.54, 1.807) is 24.4 Å². The summed E-state index contributed by atoms with van der Waals surface area (Å²) in [6, 6.07) is 14.6. The summed E-state index contributed by atoms with van der Waals surface area (Å²) in [4.78, 5) is 25.9. The maximum absolute atomic E-state index is 12.5. The molecule has 0 aliphatic heterocycles. The molecule has 6 heteroatoms. The van der Waals surface area contributed by atoms with Crippen molar-refractivity contribution in [2.75, 3.05) is 14.2 Å². The van der Waals surface area contributed by atoms with Crippen molar-refractivity contribution in [2.24, 2.45) is 0 Å². The standard InChI is InChI=1S/C19H19N3O3/c1-21(12-14-7-9-15(10-8-14)19(24)25-2)13-22-18(23)17-6-4-3-5-16(17)11-20-22/h3-11H,12-13H2,1-2H3. The molecular weight excluding hydrogens is 318 g/mol. The third-order valence-electron chi connectivity index (χ3n) is 3.96. The van der Waals surface area contributed by atoms with Gasteiger partial charge in [0.25, 0.3) is 5.56 Å². The highest BCUT2D eigenvalue weighted by molar-refractivity contribution is 5.89. The van der Waals surface area contributed by atoms with Crippen LogP contribution in [0.2, 0.25) is 0 Å². The van der Waals surface area contributed by atoms with E-state index in [1.165, 1.54) is 11.8 Å². The Kier molecular flexibility index (Phi) is 4.90. The number of hydrogen-bond donors (Lipinski definition) is 0. The van der Waals surface area contributed by atoms with E-state index in [2.05, 4.69) is 9.84 Å². The molecule has 0 N–H and O–H groups in total. The van der Waals surface area contributed by atoms with E-state index >= 15 is 0 Å².